The van der Waals surface area contributed by atoms with E-state index in [9.17, 15) is 9.59 Å². The van der Waals surface area contributed by atoms with E-state index in [-0.39, 0.29) is 5.91 Å². The number of carbonyl (C=O) groups is 2. The van der Waals surface area contributed by atoms with E-state index < -0.39 is 12.0 Å². The highest BCUT2D eigenvalue weighted by molar-refractivity contribution is 5.83. The summed E-state index contributed by atoms with van der Waals surface area (Å²) in [5.74, 6) is -1.22. The summed E-state index contributed by atoms with van der Waals surface area (Å²) in [5, 5.41) is 11.2. The van der Waals surface area contributed by atoms with Gasteiger partial charge >= 0.3 is 5.97 Å². The molecule has 0 spiro atoms. The summed E-state index contributed by atoms with van der Waals surface area (Å²) in [7, 11) is 0. The average molecular weight is 376 g/mol. The molecule has 4 nitrogen and oxygen atoms in total. The van der Waals surface area contributed by atoms with Crippen molar-refractivity contribution in [2.24, 2.45) is 0 Å². The van der Waals surface area contributed by atoms with E-state index in [1.165, 1.54) is 32.6 Å². The second-order valence-corrected chi connectivity index (χ2v) is 6.61. The van der Waals surface area contributed by atoms with Crippen LogP contribution < -0.4 is 5.32 Å². The number of carbonyl (C=O) groups excluding carboxylic acids is 1. The van der Waals surface area contributed by atoms with Gasteiger partial charge in [-0.25, -0.2) is 0 Å². The molecular formula is C23H37NO3. The predicted molar refractivity (Wildman–Crippen MR) is 114 cm³/mol. The van der Waals surface area contributed by atoms with Crippen LogP contribution in [-0.4, -0.2) is 23.0 Å². The number of carboxylic acid groups (broad SMARTS) is 1. The molecule has 0 fully saturated rings. The molecule has 152 valence electrons. The highest BCUT2D eigenvalue weighted by Crippen LogP contribution is 2.01. The van der Waals surface area contributed by atoms with E-state index in [0.29, 0.717) is 6.42 Å². The number of amides is 1. The average Bonchev–Trinajstić information content (AvgIpc) is 2.64. The lowest BCUT2D eigenvalue weighted by atomic mass is 10.2. The van der Waals surface area contributed by atoms with Gasteiger partial charge in [0, 0.05) is 6.42 Å². The van der Waals surface area contributed by atoms with Gasteiger partial charge in [-0.05, 0) is 51.9 Å². The predicted octanol–water partition coefficient (Wildman–Crippen LogP) is 5.72. The van der Waals surface area contributed by atoms with Crippen molar-refractivity contribution in [3.63, 3.8) is 0 Å². The van der Waals surface area contributed by atoms with Crippen LogP contribution in [0.3, 0.4) is 0 Å². The van der Waals surface area contributed by atoms with Gasteiger partial charge in [0.25, 0.3) is 0 Å². The van der Waals surface area contributed by atoms with Crippen LogP contribution in [0.25, 0.3) is 0 Å². The van der Waals surface area contributed by atoms with Gasteiger partial charge in [-0.15, -0.1) is 0 Å². The van der Waals surface area contributed by atoms with Crippen LogP contribution in [0.4, 0.5) is 0 Å². The quantitative estimate of drug-likeness (QED) is 0.268. The summed E-state index contributed by atoms with van der Waals surface area (Å²) in [6.07, 6.45) is 27.2. The first-order chi connectivity index (χ1) is 13.1. The van der Waals surface area contributed by atoms with Gasteiger partial charge in [0.15, 0.2) is 0 Å². The molecule has 0 unspecified atom stereocenters. The van der Waals surface area contributed by atoms with E-state index in [4.69, 9.17) is 5.11 Å². The Balaban J connectivity index is 3.56. The minimum absolute atomic E-state index is 0.208. The first kappa shape index (κ1) is 24.9. The lowest BCUT2D eigenvalue weighted by molar-refractivity contribution is -0.141. The maximum Gasteiger partial charge on any atom is 0.325 e. The van der Waals surface area contributed by atoms with Crippen molar-refractivity contribution in [2.45, 2.75) is 84.1 Å². The number of unbranched alkanes of at least 4 members (excludes halogenated alkanes) is 4. The van der Waals surface area contributed by atoms with Crippen molar-refractivity contribution in [1.82, 2.24) is 5.32 Å². The lowest BCUT2D eigenvalue weighted by Crippen LogP contribution is -2.38. The number of rotatable bonds is 16. The Kier molecular flexibility index (Phi) is 17.2. The van der Waals surface area contributed by atoms with Crippen LogP contribution >= 0.6 is 0 Å². The van der Waals surface area contributed by atoms with Crippen molar-refractivity contribution in [2.75, 3.05) is 0 Å². The molecule has 0 aliphatic rings. The van der Waals surface area contributed by atoms with E-state index in [1.807, 2.05) is 0 Å². The van der Waals surface area contributed by atoms with Gasteiger partial charge in [0.05, 0.1) is 0 Å². The van der Waals surface area contributed by atoms with Crippen LogP contribution in [-0.2, 0) is 9.59 Å². The fourth-order valence-electron chi connectivity index (χ4n) is 2.32. The number of carboxylic acids is 1. The number of allylic oxidation sites excluding steroid dienone is 8. The SMILES string of the molecule is CCCCC/C=C/C/C=C/C/C=C\C/C=C/CCCC(=O)N[C@@H](C)C(=O)O. The molecule has 0 aromatic heterocycles. The lowest BCUT2D eigenvalue weighted by Gasteiger charge is -2.08. The van der Waals surface area contributed by atoms with Gasteiger partial charge in [-0.1, -0.05) is 68.4 Å². The number of aliphatic carboxylic acids is 1. The third kappa shape index (κ3) is 18.5. The summed E-state index contributed by atoms with van der Waals surface area (Å²) in [4.78, 5) is 22.1. The standard InChI is InChI=1S/C23H37NO3/c1-3-4-5-6-7-8-9-10-11-12-13-14-15-16-17-18-19-20-22(25)24-21(2)23(26)27/h7-8,10-11,13-14,16-17,21H,3-6,9,12,15,18-20H2,1-2H3,(H,24,25)(H,26,27)/b8-7+,11-10+,14-13-,17-16+/t21-/m0/s1. The summed E-state index contributed by atoms with van der Waals surface area (Å²) in [6.45, 7) is 3.69. The zero-order valence-corrected chi connectivity index (χ0v) is 17.0. The van der Waals surface area contributed by atoms with Crippen molar-refractivity contribution < 1.29 is 14.7 Å². The molecule has 0 heterocycles. The number of nitrogens with one attached hydrogen (secondary N) is 1. The van der Waals surface area contributed by atoms with E-state index >= 15 is 0 Å². The molecule has 2 N–H and O–H groups in total. The largest absolute Gasteiger partial charge is 0.480 e. The molecule has 0 aliphatic carbocycles. The Hall–Kier alpha value is -2.10. The minimum Gasteiger partial charge on any atom is -0.480 e. The number of hydrogen-bond donors (Lipinski definition) is 2. The fourth-order valence-corrected chi connectivity index (χ4v) is 2.32. The van der Waals surface area contributed by atoms with Crippen LogP contribution in [0.5, 0.6) is 0 Å². The molecule has 27 heavy (non-hydrogen) atoms. The van der Waals surface area contributed by atoms with E-state index in [1.54, 1.807) is 0 Å². The van der Waals surface area contributed by atoms with Crippen molar-refractivity contribution in [3.05, 3.63) is 48.6 Å². The third-order valence-corrected chi connectivity index (χ3v) is 3.98. The Morgan fingerprint density at radius 1 is 0.815 bits per heavy atom. The van der Waals surface area contributed by atoms with Crippen molar-refractivity contribution in [1.29, 1.82) is 0 Å². The van der Waals surface area contributed by atoms with Crippen LogP contribution in [0.15, 0.2) is 48.6 Å². The highest BCUT2D eigenvalue weighted by atomic mass is 16.4. The fraction of sp³-hybridized carbons (Fsp3) is 0.565. The molecule has 0 rings (SSSR count). The molecule has 0 aromatic rings. The third-order valence-electron chi connectivity index (χ3n) is 3.98. The van der Waals surface area contributed by atoms with E-state index in [0.717, 1.165) is 32.1 Å². The molecule has 1 amide bonds. The first-order valence-corrected chi connectivity index (χ1v) is 10.2. The second kappa shape index (κ2) is 18.7. The maximum atomic E-state index is 11.5. The first-order valence-electron chi connectivity index (χ1n) is 10.2. The number of hydrogen-bond acceptors (Lipinski definition) is 2. The Morgan fingerprint density at radius 2 is 1.30 bits per heavy atom. The Bertz CT molecular complexity index is 504. The van der Waals surface area contributed by atoms with Gasteiger partial charge in [-0.2, -0.15) is 0 Å². The van der Waals surface area contributed by atoms with Crippen LogP contribution in [0, 0.1) is 0 Å². The summed E-state index contributed by atoms with van der Waals surface area (Å²) >= 11 is 0. The summed E-state index contributed by atoms with van der Waals surface area (Å²) < 4.78 is 0. The molecule has 0 aliphatic heterocycles. The normalized spacial score (nSPS) is 13.3. The molecule has 1 atom stereocenters. The summed E-state index contributed by atoms with van der Waals surface area (Å²) in [5.41, 5.74) is 0. The molecule has 4 heteroatoms. The topological polar surface area (TPSA) is 66.4 Å². The summed E-state index contributed by atoms with van der Waals surface area (Å²) in [6, 6.07) is -0.825. The maximum absolute atomic E-state index is 11.5. The van der Waals surface area contributed by atoms with Crippen molar-refractivity contribution in [3.8, 4) is 0 Å². The Labute approximate surface area is 165 Å². The van der Waals surface area contributed by atoms with Gasteiger partial charge < -0.3 is 10.4 Å². The molecule has 0 bridgehead atoms. The molecule has 0 saturated heterocycles. The van der Waals surface area contributed by atoms with Gasteiger partial charge in [-0.3, -0.25) is 9.59 Å². The van der Waals surface area contributed by atoms with Gasteiger partial charge in [0.2, 0.25) is 5.91 Å². The zero-order valence-electron chi connectivity index (χ0n) is 17.0. The Morgan fingerprint density at radius 3 is 1.78 bits per heavy atom. The zero-order chi connectivity index (χ0) is 20.2. The smallest absolute Gasteiger partial charge is 0.325 e. The monoisotopic (exact) mass is 375 g/mol. The van der Waals surface area contributed by atoms with Crippen LogP contribution in [0.1, 0.15) is 78.1 Å². The van der Waals surface area contributed by atoms with Crippen LogP contribution in [0.2, 0.25) is 0 Å². The molecule has 0 aromatic carbocycles. The molecule has 0 saturated carbocycles. The molecule has 0 radical (unpaired) electrons. The van der Waals surface area contributed by atoms with E-state index in [2.05, 4.69) is 60.8 Å². The van der Waals surface area contributed by atoms with Gasteiger partial charge in [0.1, 0.15) is 6.04 Å². The molecular weight excluding hydrogens is 338 g/mol. The second-order valence-electron chi connectivity index (χ2n) is 6.61. The minimum atomic E-state index is -1.01. The van der Waals surface area contributed by atoms with Crippen molar-refractivity contribution >= 4 is 11.9 Å². The highest BCUT2D eigenvalue weighted by Gasteiger charge is 2.12.